The summed E-state index contributed by atoms with van der Waals surface area (Å²) in [7, 11) is 0. The van der Waals surface area contributed by atoms with Gasteiger partial charge in [0.25, 0.3) is 0 Å². The lowest BCUT2D eigenvalue weighted by Gasteiger charge is -2.30. The number of carbonyl (C=O) groups excluding carboxylic acids is 1. The minimum atomic E-state index is -0.910. The Morgan fingerprint density at radius 3 is 2.57 bits per heavy atom. The highest BCUT2D eigenvalue weighted by Gasteiger charge is 2.28. The van der Waals surface area contributed by atoms with Gasteiger partial charge >= 0.3 is 5.97 Å². The molecule has 4 nitrogen and oxygen atoms in total. The molecule has 114 valence electrons. The van der Waals surface area contributed by atoms with E-state index < -0.39 is 23.5 Å². The monoisotopic (exact) mass is 297 g/mol. The van der Waals surface area contributed by atoms with Crippen LogP contribution < -0.4 is 0 Å². The van der Waals surface area contributed by atoms with E-state index in [0.717, 1.165) is 12.1 Å². The van der Waals surface area contributed by atoms with E-state index in [1.165, 1.54) is 11.0 Å². The lowest BCUT2D eigenvalue weighted by atomic mass is 9.97. The topological polar surface area (TPSA) is 57.6 Å². The first-order valence-electron chi connectivity index (χ1n) is 6.92. The Morgan fingerprint density at radius 2 is 1.95 bits per heavy atom. The normalized spacial score (nSPS) is 18.6. The largest absolute Gasteiger partial charge is 0.481 e. The number of hydrogen-bond acceptors (Lipinski definition) is 2. The highest BCUT2D eigenvalue weighted by molar-refractivity contribution is 5.78. The zero-order valence-corrected chi connectivity index (χ0v) is 11.5. The molecular weight excluding hydrogens is 280 g/mol. The number of nitrogens with zero attached hydrogens (tertiary/aromatic N) is 1. The van der Waals surface area contributed by atoms with Crippen LogP contribution in [0.3, 0.4) is 0 Å². The molecule has 1 aliphatic heterocycles. The van der Waals surface area contributed by atoms with Gasteiger partial charge in [0.2, 0.25) is 5.91 Å². The van der Waals surface area contributed by atoms with Crippen molar-refractivity contribution in [3.63, 3.8) is 0 Å². The van der Waals surface area contributed by atoms with Crippen LogP contribution in [0.4, 0.5) is 8.78 Å². The van der Waals surface area contributed by atoms with Crippen LogP contribution in [0.25, 0.3) is 0 Å². The van der Waals surface area contributed by atoms with Gasteiger partial charge in [0.1, 0.15) is 11.6 Å². The molecule has 0 aliphatic carbocycles. The Bertz CT molecular complexity index is 527. The van der Waals surface area contributed by atoms with Crippen LogP contribution in [0.15, 0.2) is 18.2 Å². The fourth-order valence-electron chi connectivity index (χ4n) is 2.57. The number of carboxylic acids is 1. The fourth-order valence-corrected chi connectivity index (χ4v) is 2.57. The summed E-state index contributed by atoms with van der Waals surface area (Å²) in [6.07, 6.45) is 1.15. The molecule has 1 saturated heterocycles. The SMILES string of the molecule is O=C(O)[C@@H]1CCCN(C(=O)CCc2c(F)cccc2F)C1. The van der Waals surface area contributed by atoms with Crippen molar-refractivity contribution in [1.29, 1.82) is 0 Å². The number of aliphatic carboxylic acids is 1. The average molecular weight is 297 g/mol. The van der Waals surface area contributed by atoms with E-state index in [9.17, 15) is 18.4 Å². The molecule has 0 bridgehead atoms. The van der Waals surface area contributed by atoms with E-state index >= 15 is 0 Å². The standard InChI is InChI=1S/C15H17F2NO3/c16-12-4-1-5-13(17)11(12)6-7-14(19)18-8-2-3-10(9-18)15(20)21/h1,4-5,10H,2-3,6-9H2,(H,20,21)/t10-/m1/s1. The summed E-state index contributed by atoms with van der Waals surface area (Å²) in [5, 5.41) is 8.98. The van der Waals surface area contributed by atoms with Crippen molar-refractivity contribution in [2.45, 2.75) is 25.7 Å². The Labute approximate surface area is 121 Å². The Kier molecular flexibility index (Phi) is 4.88. The van der Waals surface area contributed by atoms with Crippen molar-refractivity contribution in [3.05, 3.63) is 35.4 Å². The molecule has 1 amide bonds. The number of rotatable bonds is 4. The minimum Gasteiger partial charge on any atom is -0.481 e. The van der Waals surface area contributed by atoms with Gasteiger partial charge in [-0.05, 0) is 31.4 Å². The lowest BCUT2D eigenvalue weighted by molar-refractivity contribution is -0.145. The van der Waals surface area contributed by atoms with Gasteiger partial charge in [0.05, 0.1) is 5.92 Å². The van der Waals surface area contributed by atoms with E-state index in [4.69, 9.17) is 5.11 Å². The summed E-state index contributed by atoms with van der Waals surface area (Å²) < 4.78 is 26.9. The van der Waals surface area contributed by atoms with E-state index in [1.54, 1.807) is 0 Å². The molecule has 0 unspecified atom stereocenters. The van der Waals surface area contributed by atoms with Gasteiger partial charge in [0, 0.05) is 25.1 Å². The van der Waals surface area contributed by atoms with Gasteiger partial charge in [0.15, 0.2) is 0 Å². The molecule has 1 heterocycles. The van der Waals surface area contributed by atoms with E-state index in [2.05, 4.69) is 0 Å². The van der Waals surface area contributed by atoms with Crippen molar-refractivity contribution in [1.82, 2.24) is 4.90 Å². The molecule has 1 atom stereocenters. The molecule has 2 rings (SSSR count). The van der Waals surface area contributed by atoms with Crippen LogP contribution in [-0.4, -0.2) is 35.0 Å². The molecule has 0 aromatic heterocycles. The minimum absolute atomic E-state index is 0.0222. The smallest absolute Gasteiger partial charge is 0.308 e. The first-order chi connectivity index (χ1) is 9.99. The van der Waals surface area contributed by atoms with Crippen LogP contribution in [0.5, 0.6) is 0 Å². The van der Waals surface area contributed by atoms with Crippen LogP contribution in [0, 0.1) is 17.6 Å². The number of carbonyl (C=O) groups is 2. The quantitative estimate of drug-likeness (QED) is 0.927. The average Bonchev–Trinajstić information content (AvgIpc) is 2.46. The van der Waals surface area contributed by atoms with Crippen LogP contribution in [-0.2, 0) is 16.0 Å². The Balaban J connectivity index is 1.94. The molecule has 1 fully saturated rings. The van der Waals surface area contributed by atoms with Gasteiger partial charge in [-0.1, -0.05) is 6.07 Å². The predicted molar refractivity (Wildman–Crippen MR) is 71.6 cm³/mol. The van der Waals surface area contributed by atoms with E-state index in [0.29, 0.717) is 19.4 Å². The number of amides is 1. The number of likely N-dealkylation sites (tertiary alicyclic amines) is 1. The fraction of sp³-hybridized carbons (Fsp3) is 0.467. The third kappa shape index (κ3) is 3.77. The van der Waals surface area contributed by atoms with Gasteiger partial charge in [-0.15, -0.1) is 0 Å². The van der Waals surface area contributed by atoms with Crippen molar-refractivity contribution in [2.75, 3.05) is 13.1 Å². The van der Waals surface area contributed by atoms with Crippen molar-refractivity contribution in [2.24, 2.45) is 5.92 Å². The maximum absolute atomic E-state index is 13.5. The molecule has 0 spiro atoms. The van der Waals surface area contributed by atoms with Gasteiger partial charge in [-0.3, -0.25) is 9.59 Å². The maximum Gasteiger partial charge on any atom is 0.308 e. The van der Waals surface area contributed by atoms with Gasteiger partial charge in [-0.25, -0.2) is 8.78 Å². The van der Waals surface area contributed by atoms with Gasteiger partial charge in [-0.2, -0.15) is 0 Å². The van der Waals surface area contributed by atoms with Crippen molar-refractivity contribution in [3.8, 4) is 0 Å². The van der Waals surface area contributed by atoms with Crippen LogP contribution in [0.2, 0.25) is 0 Å². The molecule has 1 aliphatic rings. The summed E-state index contributed by atoms with van der Waals surface area (Å²) >= 11 is 0. The molecule has 0 saturated carbocycles. The third-order valence-corrected chi connectivity index (χ3v) is 3.77. The summed E-state index contributed by atoms with van der Waals surface area (Å²) in [4.78, 5) is 24.5. The highest BCUT2D eigenvalue weighted by Crippen LogP contribution is 2.19. The molecule has 21 heavy (non-hydrogen) atoms. The number of carboxylic acid groups (broad SMARTS) is 1. The highest BCUT2D eigenvalue weighted by atomic mass is 19.1. The number of benzene rings is 1. The second-order valence-electron chi connectivity index (χ2n) is 5.22. The molecule has 1 aromatic carbocycles. The zero-order chi connectivity index (χ0) is 15.4. The Morgan fingerprint density at radius 1 is 1.29 bits per heavy atom. The summed E-state index contributed by atoms with van der Waals surface area (Å²) in [5.41, 5.74) is -0.0994. The predicted octanol–water partition coefficient (Wildman–Crippen LogP) is 2.22. The zero-order valence-electron chi connectivity index (χ0n) is 11.5. The summed E-state index contributed by atoms with van der Waals surface area (Å²) in [6.45, 7) is 0.677. The van der Waals surface area contributed by atoms with E-state index in [-0.39, 0.29) is 30.9 Å². The molecule has 0 radical (unpaired) electrons. The van der Waals surface area contributed by atoms with Crippen LogP contribution >= 0.6 is 0 Å². The van der Waals surface area contributed by atoms with Crippen LogP contribution in [0.1, 0.15) is 24.8 Å². The molecule has 1 N–H and O–H groups in total. The lowest BCUT2D eigenvalue weighted by Crippen LogP contribution is -2.42. The first kappa shape index (κ1) is 15.4. The Hall–Kier alpha value is -1.98. The number of piperidine rings is 1. The maximum atomic E-state index is 13.5. The van der Waals surface area contributed by atoms with Gasteiger partial charge < -0.3 is 10.0 Å². The molecular formula is C15H17F2NO3. The first-order valence-corrected chi connectivity index (χ1v) is 6.92. The second kappa shape index (κ2) is 6.65. The summed E-state index contributed by atoms with van der Waals surface area (Å²) in [6, 6.07) is 3.59. The molecule has 6 heteroatoms. The number of halogens is 2. The number of hydrogen-bond donors (Lipinski definition) is 1. The second-order valence-corrected chi connectivity index (χ2v) is 5.22. The third-order valence-electron chi connectivity index (χ3n) is 3.77. The van der Waals surface area contributed by atoms with E-state index in [1.807, 2.05) is 0 Å². The van der Waals surface area contributed by atoms with Crippen molar-refractivity contribution >= 4 is 11.9 Å². The molecule has 1 aromatic rings. The van der Waals surface area contributed by atoms with Crippen molar-refractivity contribution < 1.29 is 23.5 Å². The summed E-state index contributed by atoms with van der Waals surface area (Å²) in [5.74, 6) is -3.04.